The van der Waals surface area contributed by atoms with Gasteiger partial charge >= 0.3 is 0 Å². The second-order valence-corrected chi connectivity index (χ2v) is 5.51. The van der Waals surface area contributed by atoms with Gasteiger partial charge < -0.3 is 10.5 Å². The maximum atomic E-state index is 5.86. The lowest BCUT2D eigenvalue weighted by atomic mass is 10.1. The topological polar surface area (TPSA) is 35.2 Å². The molecule has 0 saturated heterocycles. The van der Waals surface area contributed by atoms with E-state index in [0.29, 0.717) is 6.61 Å². The maximum absolute atomic E-state index is 5.86. The van der Waals surface area contributed by atoms with Crippen molar-refractivity contribution in [3.63, 3.8) is 0 Å². The first-order chi connectivity index (χ1) is 9.72. The Balaban J connectivity index is 1.77. The number of rotatable bonds is 3. The van der Waals surface area contributed by atoms with Gasteiger partial charge in [-0.15, -0.1) is 0 Å². The van der Waals surface area contributed by atoms with Crippen LogP contribution in [0.15, 0.2) is 65.1 Å². The van der Waals surface area contributed by atoms with E-state index in [1.54, 1.807) is 0 Å². The maximum Gasteiger partial charge on any atom is 0.120 e. The van der Waals surface area contributed by atoms with Crippen LogP contribution in [0.1, 0.15) is 5.56 Å². The summed E-state index contributed by atoms with van der Waals surface area (Å²) in [6.07, 6.45) is 0. The van der Waals surface area contributed by atoms with Crippen molar-refractivity contribution in [2.24, 2.45) is 0 Å². The zero-order chi connectivity index (χ0) is 13.9. The number of anilines is 1. The van der Waals surface area contributed by atoms with Crippen LogP contribution in [0.4, 0.5) is 5.69 Å². The molecule has 0 aromatic heterocycles. The van der Waals surface area contributed by atoms with Crippen LogP contribution >= 0.6 is 15.9 Å². The van der Waals surface area contributed by atoms with Gasteiger partial charge in [0.25, 0.3) is 0 Å². The molecule has 0 aliphatic rings. The normalized spacial score (nSPS) is 10.7. The van der Waals surface area contributed by atoms with Gasteiger partial charge in [-0.25, -0.2) is 0 Å². The average Bonchev–Trinajstić information content (AvgIpc) is 2.48. The lowest BCUT2D eigenvalue weighted by Gasteiger charge is -2.08. The largest absolute Gasteiger partial charge is 0.489 e. The number of ether oxygens (including phenoxy) is 1. The highest BCUT2D eigenvalue weighted by Gasteiger charge is 2.01. The Hall–Kier alpha value is -2.00. The first-order valence-corrected chi connectivity index (χ1v) is 7.17. The highest BCUT2D eigenvalue weighted by Crippen LogP contribution is 2.23. The van der Waals surface area contributed by atoms with Gasteiger partial charge in [-0.1, -0.05) is 36.4 Å². The minimum Gasteiger partial charge on any atom is -0.489 e. The van der Waals surface area contributed by atoms with Crippen LogP contribution < -0.4 is 10.5 Å². The van der Waals surface area contributed by atoms with Crippen LogP contribution in [0.25, 0.3) is 10.8 Å². The second-order valence-electron chi connectivity index (χ2n) is 4.65. The summed E-state index contributed by atoms with van der Waals surface area (Å²) in [5.41, 5.74) is 7.64. The van der Waals surface area contributed by atoms with Crippen molar-refractivity contribution in [1.82, 2.24) is 0 Å². The molecule has 0 amide bonds. The SMILES string of the molecule is Nc1cc(COc2ccc3ccccc3c2)ccc1Br. The summed E-state index contributed by atoms with van der Waals surface area (Å²) in [5, 5.41) is 2.40. The minimum atomic E-state index is 0.510. The summed E-state index contributed by atoms with van der Waals surface area (Å²) >= 11 is 3.39. The molecule has 3 heteroatoms. The number of nitrogen functional groups attached to an aromatic ring is 1. The quantitative estimate of drug-likeness (QED) is 0.703. The average molecular weight is 328 g/mol. The smallest absolute Gasteiger partial charge is 0.120 e. The molecule has 0 aliphatic carbocycles. The molecule has 2 nitrogen and oxygen atoms in total. The molecular weight excluding hydrogens is 314 g/mol. The minimum absolute atomic E-state index is 0.510. The molecule has 100 valence electrons. The summed E-state index contributed by atoms with van der Waals surface area (Å²) < 4.78 is 6.73. The van der Waals surface area contributed by atoms with E-state index >= 15 is 0 Å². The predicted octanol–water partition coefficient (Wildman–Crippen LogP) is 4.76. The standard InChI is InChI=1S/C17H14BrNO/c18-16-8-5-12(9-17(16)19)11-20-15-7-6-13-3-1-2-4-14(13)10-15/h1-10H,11,19H2. The van der Waals surface area contributed by atoms with E-state index < -0.39 is 0 Å². The van der Waals surface area contributed by atoms with Crippen molar-refractivity contribution in [3.8, 4) is 5.75 Å². The fourth-order valence-electron chi connectivity index (χ4n) is 2.11. The molecule has 0 fully saturated rings. The summed E-state index contributed by atoms with van der Waals surface area (Å²) in [5.74, 6) is 0.866. The molecule has 2 N–H and O–H groups in total. The Kier molecular flexibility index (Phi) is 3.61. The van der Waals surface area contributed by atoms with E-state index in [-0.39, 0.29) is 0 Å². The summed E-state index contributed by atoms with van der Waals surface area (Å²) in [7, 11) is 0. The van der Waals surface area contributed by atoms with Crippen molar-refractivity contribution in [2.45, 2.75) is 6.61 Å². The van der Waals surface area contributed by atoms with Crippen molar-refractivity contribution in [3.05, 3.63) is 70.7 Å². The second kappa shape index (κ2) is 5.55. The van der Waals surface area contributed by atoms with Gasteiger partial charge in [0.05, 0.1) is 0 Å². The molecule has 0 saturated carbocycles. The number of benzene rings is 3. The van der Waals surface area contributed by atoms with Crippen molar-refractivity contribution < 1.29 is 4.74 Å². The fourth-order valence-corrected chi connectivity index (χ4v) is 2.35. The van der Waals surface area contributed by atoms with E-state index in [4.69, 9.17) is 10.5 Å². The molecule has 3 rings (SSSR count). The first-order valence-electron chi connectivity index (χ1n) is 6.38. The third-order valence-electron chi connectivity index (χ3n) is 3.19. The van der Waals surface area contributed by atoms with E-state index in [0.717, 1.165) is 21.5 Å². The lowest BCUT2D eigenvalue weighted by Crippen LogP contribution is -1.97. The molecule has 0 heterocycles. The van der Waals surface area contributed by atoms with Gasteiger partial charge in [-0.05, 0) is 56.5 Å². The Morgan fingerprint density at radius 1 is 0.900 bits per heavy atom. The van der Waals surface area contributed by atoms with Crippen LogP contribution in [0.5, 0.6) is 5.75 Å². The Labute approximate surface area is 126 Å². The van der Waals surface area contributed by atoms with Crippen LogP contribution in [-0.2, 0) is 6.61 Å². The Morgan fingerprint density at radius 3 is 2.50 bits per heavy atom. The monoisotopic (exact) mass is 327 g/mol. The molecule has 3 aromatic rings. The molecule has 0 unspecified atom stereocenters. The van der Waals surface area contributed by atoms with Crippen LogP contribution in [0, 0.1) is 0 Å². The fraction of sp³-hybridized carbons (Fsp3) is 0.0588. The Morgan fingerprint density at radius 2 is 1.70 bits per heavy atom. The summed E-state index contributed by atoms with van der Waals surface area (Å²) in [6.45, 7) is 0.510. The van der Waals surface area contributed by atoms with Crippen molar-refractivity contribution in [2.75, 3.05) is 5.73 Å². The number of halogens is 1. The highest BCUT2D eigenvalue weighted by atomic mass is 79.9. The van der Waals surface area contributed by atoms with Crippen LogP contribution in [0.3, 0.4) is 0 Å². The lowest BCUT2D eigenvalue weighted by molar-refractivity contribution is 0.306. The zero-order valence-electron chi connectivity index (χ0n) is 10.8. The number of nitrogens with two attached hydrogens (primary N) is 1. The number of hydrogen-bond acceptors (Lipinski definition) is 2. The summed E-state index contributed by atoms with van der Waals surface area (Å²) in [6, 6.07) is 20.2. The zero-order valence-corrected chi connectivity index (χ0v) is 12.4. The van der Waals surface area contributed by atoms with Gasteiger partial charge in [0, 0.05) is 10.2 Å². The van der Waals surface area contributed by atoms with E-state index in [9.17, 15) is 0 Å². The molecular formula is C17H14BrNO. The number of hydrogen-bond donors (Lipinski definition) is 1. The van der Waals surface area contributed by atoms with Crippen molar-refractivity contribution >= 4 is 32.4 Å². The van der Waals surface area contributed by atoms with Gasteiger partial charge in [0.15, 0.2) is 0 Å². The highest BCUT2D eigenvalue weighted by molar-refractivity contribution is 9.10. The van der Waals surface area contributed by atoms with E-state index in [1.165, 1.54) is 10.8 Å². The molecule has 0 aliphatic heterocycles. The third-order valence-corrected chi connectivity index (χ3v) is 3.91. The molecule has 0 spiro atoms. The van der Waals surface area contributed by atoms with Gasteiger partial charge in [0.2, 0.25) is 0 Å². The molecule has 3 aromatic carbocycles. The molecule has 0 radical (unpaired) electrons. The van der Waals surface area contributed by atoms with Crippen molar-refractivity contribution in [1.29, 1.82) is 0 Å². The Bertz CT molecular complexity index is 755. The van der Waals surface area contributed by atoms with Gasteiger partial charge in [-0.2, -0.15) is 0 Å². The molecule has 20 heavy (non-hydrogen) atoms. The van der Waals surface area contributed by atoms with E-state index in [2.05, 4.69) is 40.2 Å². The molecule has 0 bridgehead atoms. The predicted molar refractivity (Wildman–Crippen MR) is 86.8 cm³/mol. The molecule has 0 atom stereocenters. The third kappa shape index (κ3) is 2.78. The van der Waals surface area contributed by atoms with E-state index in [1.807, 2.05) is 36.4 Å². The van der Waals surface area contributed by atoms with Gasteiger partial charge in [-0.3, -0.25) is 0 Å². The van der Waals surface area contributed by atoms with Crippen LogP contribution in [-0.4, -0.2) is 0 Å². The first kappa shape index (κ1) is 13.0. The number of fused-ring (bicyclic) bond motifs is 1. The van der Waals surface area contributed by atoms with Gasteiger partial charge in [0.1, 0.15) is 12.4 Å². The summed E-state index contributed by atoms with van der Waals surface area (Å²) in [4.78, 5) is 0. The van der Waals surface area contributed by atoms with Crippen LogP contribution in [0.2, 0.25) is 0 Å².